The first-order valence-electron chi connectivity index (χ1n) is 8.84. The number of halogens is 1. The SMILES string of the molecule is COC(=O)c1cc(C(=O)NCC(N)=O)c2cc(Cc3ccc(F)cc3)cnc2c1O. The zero-order valence-corrected chi connectivity index (χ0v) is 15.9. The third-order valence-electron chi connectivity index (χ3n) is 4.40. The zero-order chi connectivity index (χ0) is 21.8. The summed E-state index contributed by atoms with van der Waals surface area (Å²) >= 11 is 0. The second kappa shape index (κ2) is 8.56. The summed E-state index contributed by atoms with van der Waals surface area (Å²) in [4.78, 5) is 39.8. The fraction of sp³-hybridized carbons (Fsp3) is 0.143. The Morgan fingerprint density at radius 1 is 1.13 bits per heavy atom. The van der Waals surface area contributed by atoms with Crippen molar-refractivity contribution < 1.29 is 28.6 Å². The van der Waals surface area contributed by atoms with Crippen LogP contribution in [0.4, 0.5) is 4.39 Å². The minimum Gasteiger partial charge on any atom is -0.505 e. The van der Waals surface area contributed by atoms with E-state index < -0.39 is 30.1 Å². The van der Waals surface area contributed by atoms with Crippen LogP contribution in [-0.4, -0.2) is 41.5 Å². The number of aromatic hydroxyl groups is 1. The number of nitrogens with one attached hydrogen (secondary N) is 1. The summed E-state index contributed by atoms with van der Waals surface area (Å²) in [5.41, 5.74) is 6.35. The van der Waals surface area contributed by atoms with Crippen molar-refractivity contribution in [2.75, 3.05) is 13.7 Å². The maximum atomic E-state index is 13.1. The molecule has 4 N–H and O–H groups in total. The van der Waals surface area contributed by atoms with Gasteiger partial charge in [-0.25, -0.2) is 9.18 Å². The number of benzene rings is 2. The molecule has 9 heteroatoms. The fourth-order valence-electron chi connectivity index (χ4n) is 2.97. The molecule has 0 atom stereocenters. The van der Waals surface area contributed by atoms with Gasteiger partial charge in [0.15, 0.2) is 5.75 Å². The van der Waals surface area contributed by atoms with Crippen LogP contribution in [0, 0.1) is 5.82 Å². The quantitative estimate of drug-likeness (QED) is 0.529. The number of esters is 1. The predicted octanol–water partition coefficient (Wildman–Crippen LogP) is 1.67. The first kappa shape index (κ1) is 20.7. The fourth-order valence-corrected chi connectivity index (χ4v) is 2.97. The number of nitrogens with two attached hydrogens (primary N) is 1. The van der Waals surface area contributed by atoms with Crippen molar-refractivity contribution in [2.45, 2.75) is 6.42 Å². The number of phenols is 1. The van der Waals surface area contributed by atoms with Crippen LogP contribution in [0.5, 0.6) is 5.75 Å². The van der Waals surface area contributed by atoms with Crippen LogP contribution in [0.25, 0.3) is 10.9 Å². The Balaban J connectivity index is 2.11. The Hall–Kier alpha value is -4.01. The van der Waals surface area contributed by atoms with Crippen molar-refractivity contribution in [2.24, 2.45) is 5.73 Å². The molecule has 0 saturated carbocycles. The molecule has 30 heavy (non-hydrogen) atoms. The average molecular weight is 411 g/mol. The molecule has 0 bridgehead atoms. The Morgan fingerprint density at radius 2 is 1.83 bits per heavy atom. The van der Waals surface area contributed by atoms with E-state index in [2.05, 4.69) is 15.0 Å². The number of hydrogen-bond acceptors (Lipinski definition) is 6. The largest absolute Gasteiger partial charge is 0.505 e. The normalized spacial score (nSPS) is 10.6. The first-order chi connectivity index (χ1) is 14.3. The first-order valence-corrected chi connectivity index (χ1v) is 8.84. The summed E-state index contributed by atoms with van der Waals surface area (Å²) in [6, 6.07) is 8.71. The van der Waals surface area contributed by atoms with Gasteiger partial charge in [-0.1, -0.05) is 12.1 Å². The number of amides is 2. The maximum Gasteiger partial charge on any atom is 0.341 e. The molecule has 1 heterocycles. The van der Waals surface area contributed by atoms with E-state index in [9.17, 15) is 23.9 Å². The van der Waals surface area contributed by atoms with Gasteiger partial charge < -0.3 is 20.9 Å². The van der Waals surface area contributed by atoms with Crippen LogP contribution in [0.3, 0.4) is 0 Å². The summed E-state index contributed by atoms with van der Waals surface area (Å²) in [5.74, 6) is -3.06. The highest BCUT2D eigenvalue weighted by molar-refractivity contribution is 6.12. The molecule has 0 saturated heterocycles. The van der Waals surface area contributed by atoms with Gasteiger partial charge in [-0.05, 0) is 41.8 Å². The highest BCUT2D eigenvalue weighted by Gasteiger charge is 2.22. The van der Waals surface area contributed by atoms with Crippen molar-refractivity contribution in [1.29, 1.82) is 0 Å². The zero-order valence-electron chi connectivity index (χ0n) is 15.9. The smallest absolute Gasteiger partial charge is 0.341 e. The van der Waals surface area contributed by atoms with E-state index in [1.807, 2.05) is 0 Å². The molecule has 1 aromatic heterocycles. The summed E-state index contributed by atoms with van der Waals surface area (Å²) < 4.78 is 17.8. The number of pyridine rings is 1. The van der Waals surface area contributed by atoms with Gasteiger partial charge >= 0.3 is 5.97 Å². The molecule has 2 amide bonds. The number of phenolic OH excluding ortho intramolecular Hbond substituents is 1. The number of aromatic nitrogens is 1. The molecule has 0 aliphatic rings. The lowest BCUT2D eigenvalue weighted by Gasteiger charge is -2.13. The number of primary amides is 1. The van der Waals surface area contributed by atoms with E-state index in [0.29, 0.717) is 12.0 Å². The number of hydrogen-bond donors (Lipinski definition) is 3. The highest BCUT2D eigenvalue weighted by Crippen LogP contribution is 2.32. The molecule has 0 fully saturated rings. The van der Waals surface area contributed by atoms with Crippen LogP contribution in [0.2, 0.25) is 0 Å². The van der Waals surface area contributed by atoms with Crippen LogP contribution in [0.1, 0.15) is 31.8 Å². The van der Waals surface area contributed by atoms with E-state index in [-0.39, 0.29) is 27.8 Å². The van der Waals surface area contributed by atoms with Crippen LogP contribution < -0.4 is 11.1 Å². The topological polar surface area (TPSA) is 132 Å². The molecular weight excluding hydrogens is 393 g/mol. The second-order valence-electron chi connectivity index (χ2n) is 6.50. The molecule has 0 aliphatic heterocycles. The maximum absolute atomic E-state index is 13.1. The Labute approximate surface area is 170 Å². The molecule has 0 spiro atoms. The van der Waals surface area contributed by atoms with Crippen molar-refractivity contribution in [3.05, 3.63) is 70.7 Å². The minimum absolute atomic E-state index is 0.0120. The molecule has 3 aromatic rings. The van der Waals surface area contributed by atoms with Crippen LogP contribution in [0.15, 0.2) is 42.6 Å². The Bertz CT molecular complexity index is 1150. The number of carbonyl (C=O) groups is 3. The number of fused-ring (bicyclic) bond motifs is 1. The van der Waals surface area contributed by atoms with Crippen LogP contribution in [-0.2, 0) is 16.0 Å². The predicted molar refractivity (Wildman–Crippen MR) is 105 cm³/mol. The molecule has 0 aliphatic carbocycles. The molecule has 3 rings (SSSR count). The van der Waals surface area contributed by atoms with Crippen molar-refractivity contribution in [1.82, 2.24) is 10.3 Å². The average Bonchev–Trinajstić information content (AvgIpc) is 2.73. The van der Waals surface area contributed by atoms with Gasteiger partial charge in [0.2, 0.25) is 5.91 Å². The van der Waals surface area contributed by atoms with Crippen molar-refractivity contribution in [3.63, 3.8) is 0 Å². The standard InChI is InChI=1S/C21H18FN3O5/c1-30-21(29)16-8-15(20(28)25-10-17(23)26)14-7-12(9-24-18(14)19(16)27)6-11-2-4-13(22)5-3-11/h2-5,7-9,27H,6,10H2,1H3,(H2,23,26)(H,25,28). The lowest BCUT2D eigenvalue weighted by molar-refractivity contribution is -0.117. The molecule has 0 radical (unpaired) electrons. The molecule has 0 unspecified atom stereocenters. The van der Waals surface area contributed by atoms with Gasteiger partial charge in [-0.2, -0.15) is 0 Å². The molecule has 8 nitrogen and oxygen atoms in total. The van der Waals surface area contributed by atoms with Gasteiger partial charge in [0, 0.05) is 17.1 Å². The number of carbonyl (C=O) groups excluding carboxylic acids is 3. The van der Waals surface area contributed by atoms with Gasteiger partial charge in [0.1, 0.15) is 16.9 Å². The third-order valence-corrected chi connectivity index (χ3v) is 4.40. The van der Waals surface area contributed by atoms with Gasteiger partial charge in [-0.3, -0.25) is 14.6 Å². The second-order valence-corrected chi connectivity index (χ2v) is 6.50. The van der Waals surface area contributed by atoms with Gasteiger partial charge in [0.25, 0.3) is 5.91 Å². The van der Waals surface area contributed by atoms with Crippen molar-refractivity contribution >= 4 is 28.7 Å². The van der Waals surface area contributed by atoms with Crippen molar-refractivity contribution in [3.8, 4) is 5.75 Å². The van der Waals surface area contributed by atoms with Crippen LogP contribution >= 0.6 is 0 Å². The summed E-state index contributed by atoms with van der Waals surface area (Å²) in [7, 11) is 1.14. The number of nitrogens with zero attached hydrogens (tertiary/aromatic N) is 1. The van der Waals surface area contributed by atoms with E-state index in [1.54, 1.807) is 18.2 Å². The van der Waals surface area contributed by atoms with E-state index in [0.717, 1.165) is 12.7 Å². The Morgan fingerprint density at radius 3 is 2.47 bits per heavy atom. The van der Waals surface area contributed by atoms with Gasteiger partial charge in [-0.15, -0.1) is 0 Å². The van der Waals surface area contributed by atoms with Gasteiger partial charge in [0.05, 0.1) is 13.7 Å². The Kier molecular flexibility index (Phi) is 5.91. The minimum atomic E-state index is -0.851. The third kappa shape index (κ3) is 4.35. The number of ether oxygens (including phenoxy) is 1. The summed E-state index contributed by atoms with van der Waals surface area (Å²) in [6.07, 6.45) is 1.88. The molecule has 2 aromatic carbocycles. The van der Waals surface area contributed by atoms with E-state index >= 15 is 0 Å². The molecule has 154 valence electrons. The molecular formula is C21H18FN3O5. The number of methoxy groups -OCH3 is 1. The highest BCUT2D eigenvalue weighted by atomic mass is 19.1. The number of rotatable bonds is 6. The summed E-state index contributed by atoms with van der Waals surface area (Å²) in [6.45, 7) is -0.405. The monoisotopic (exact) mass is 411 g/mol. The summed E-state index contributed by atoms with van der Waals surface area (Å²) in [5, 5.41) is 13.1. The van der Waals surface area contributed by atoms with E-state index in [4.69, 9.17) is 5.73 Å². The lowest BCUT2D eigenvalue weighted by Crippen LogP contribution is -2.33. The van der Waals surface area contributed by atoms with E-state index in [1.165, 1.54) is 24.4 Å². The lowest BCUT2D eigenvalue weighted by atomic mass is 9.98.